The Labute approximate surface area is 297 Å². The summed E-state index contributed by atoms with van der Waals surface area (Å²) in [6.45, 7) is 17.2. The van der Waals surface area contributed by atoms with Gasteiger partial charge in [-0.05, 0) is 19.6 Å². The SMILES string of the molecule is C[Si](C)(C)OCCOCCOCCOCCOCCOCCOCCOCCOCCOCCOCCOCCOC(=O)CCC(=O)C(=O)O. The molecule has 296 valence electrons. The molecule has 0 aromatic heterocycles. The van der Waals surface area contributed by atoms with Gasteiger partial charge in [-0.3, -0.25) is 9.59 Å². The van der Waals surface area contributed by atoms with Crippen molar-refractivity contribution in [2.75, 3.05) is 159 Å². The number of Topliss-reactive ketones (excluding diaryl/α,β-unsaturated/α-hetero) is 1. The van der Waals surface area contributed by atoms with Gasteiger partial charge in [0.2, 0.25) is 5.78 Å². The fourth-order valence-corrected chi connectivity index (χ4v) is 4.01. The van der Waals surface area contributed by atoms with Crippen molar-refractivity contribution >= 4 is 26.0 Å². The molecule has 0 atom stereocenters. The van der Waals surface area contributed by atoms with Crippen LogP contribution < -0.4 is 0 Å². The molecule has 0 spiro atoms. The van der Waals surface area contributed by atoms with E-state index in [1.807, 2.05) is 0 Å². The highest BCUT2D eigenvalue weighted by atomic mass is 28.4. The quantitative estimate of drug-likeness (QED) is 0.0403. The normalized spacial score (nSPS) is 11.7. The van der Waals surface area contributed by atoms with Gasteiger partial charge in [0.15, 0.2) is 8.32 Å². The molecule has 0 radical (unpaired) electrons. The van der Waals surface area contributed by atoms with Crippen LogP contribution >= 0.6 is 0 Å². The first-order chi connectivity index (χ1) is 24.2. The van der Waals surface area contributed by atoms with Gasteiger partial charge in [0.25, 0.3) is 0 Å². The van der Waals surface area contributed by atoms with E-state index in [1.54, 1.807) is 0 Å². The lowest BCUT2D eigenvalue weighted by molar-refractivity contribution is -0.151. The van der Waals surface area contributed by atoms with E-state index in [1.165, 1.54) is 0 Å². The van der Waals surface area contributed by atoms with Crippen molar-refractivity contribution in [3.8, 4) is 0 Å². The second kappa shape index (κ2) is 37.1. The van der Waals surface area contributed by atoms with E-state index < -0.39 is 26.0 Å². The predicted molar refractivity (Wildman–Crippen MR) is 181 cm³/mol. The smallest absolute Gasteiger partial charge is 0.372 e. The van der Waals surface area contributed by atoms with Gasteiger partial charge < -0.3 is 66.4 Å². The molecule has 0 unspecified atom stereocenters. The highest BCUT2D eigenvalue weighted by Gasteiger charge is 2.14. The second-order valence-electron chi connectivity index (χ2n) is 11.1. The van der Waals surface area contributed by atoms with Crippen LogP contribution in [0.25, 0.3) is 0 Å². The first-order valence-electron chi connectivity index (χ1n) is 17.1. The summed E-state index contributed by atoms with van der Waals surface area (Å²) >= 11 is 0. The largest absolute Gasteiger partial charge is 0.476 e. The molecule has 0 aromatic rings. The number of carboxylic acid groups (broad SMARTS) is 1. The van der Waals surface area contributed by atoms with Gasteiger partial charge in [-0.2, -0.15) is 0 Å². The minimum Gasteiger partial charge on any atom is -0.476 e. The third-order valence-electron chi connectivity index (χ3n) is 5.77. The number of hydrogen-bond acceptors (Lipinski definition) is 16. The summed E-state index contributed by atoms with van der Waals surface area (Å²) in [6.07, 6.45) is -0.661. The van der Waals surface area contributed by atoms with Crippen molar-refractivity contribution in [2.45, 2.75) is 32.5 Å². The Hall–Kier alpha value is -1.65. The van der Waals surface area contributed by atoms with E-state index in [0.29, 0.717) is 145 Å². The lowest BCUT2D eigenvalue weighted by Crippen LogP contribution is -2.27. The molecule has 0 heterocycles. The average Bonchev–Trinajstić information content (AvgIpc) is 3.08. The lowest BCUT2D eigenvalue weighted by atomic mass is 10.2. The minimum absolute atomic E-state index is 0.0130. The van der Waals surface area contributed by atoms with Gasteiger partial charge in [0, 0.05) is 6.42 Å². The zero-order valence-corrected chi connectivity index (χ0v) is 31.4. The highest BCUT2D eigenvalue weighted by Crippen LogP contribution is 2.01. The number of carboxylic acids is 1. The number of carbonyl (C=O) groups excluding carboxylic acids is 2. The van der Waals surface area contributed by atoms with Gasteiger partial charge in [-0.1, -0.05) is 0 Å². The summed E-state index contributed by atoms with van der Waals surface area (Å²) in [5, 5.41) is 8.45. The zero-order valence-electron chi connectivity index (χ0n) is 30.4. The van der Waals surface area contributed by atoms with Crippen LogP contribution in [-0.4, -0.2) is 190 Å². The molecule has 0 aromatic carbocycles. The molecular weight excluding hydrogens is 684 g/mol. The van der Waals surface area contributed by atoms with Crippen LogP contribution in [0.2, 0.25) is 19.6 Å². The fourth-order valence-electron chi connectivity index (χ4n) is 3.32. The predicted octanol–water partition coefficient (Wildman–Crippen LogP) is 0.998. The van der Waals surface area contributed by atoms with Gasteiger partial charge in [-0.25, -0.2) is 4.79 Å². The Balaban J connectivity index is 3.13. The first kappa shape index (κ1) is 48.3. The summed E-state index contributed by atoms with van der Waals surface area (Å²) in [4.78, 5) is 32.6. The monoisotopic (exact) mass is 746 g/mol. The van der Waals surface area contributed by atoms with Crippen LogP contribution in [0.4, 0.5) is 0 Å². The Bertz CT molecular complexity index is 784. The second-order valence-corrected chi connectivity index (χ2v) is 15.7. The Kier molecular flexibility index (Phi) is 35.9. The van der Waals surface area contributed by atoms with Crippen LogP contribution in [0.5, 0.6) is 0 Å². The first-order valence-corrected chi connectivity index (χ1v) is 20.5. The summed E-state index contributed by atoms with van der Waals surface area (Å²) in [7, 11) is -1.46. The molecule has 0 aliphatic rings. The van der Waals surface area contributed by atoms with Crippen LogP contribution in [0.3, 0.4) is 0 Å². The maximum atomic E-state index is 11.4. The van der Waals surface area contributed by atoms with E-state index in [9.17, 15) is 14.4 Å². The standard InChI is InChI=1S/C32H62O17Si/c1-50(2,3)49-29-27-47-25-23-45-21-19-43-17-15-41-13-11-39-9-7-37-6-8-38-10-12-40-14-16-42-18-20-44-22-24-46-26-28-48-31(34)5-4-30(33)32(35)36/h4-29H2,1-3H3,(H,35,36). The van der Waals surface area contributed by atoms with Crippen molar-refractivity contribution in [1.29, 1.82) is 0 Å². The van der Waals surface area contributed by atoms with Crippen molar-refractivity contribution in [1.82, 2.24) is 0 Å². The number of aliphatic carboxylic acids is 1. The van der Waals surface area contributed by atoms with Crippen LogP contribution in [-0.2, 0) is 75.7 Å². The third-order valence-corrected chi connectivity index (χ3v) is 6.84. The van der Waals surface area contributed by atoms with E-state index >= 15 is 0 Å². The van der Waals surface area contributed by atoms with E-state index in [2.05, 4.69) is 19.6 Å². The lowest BCUT2D eigenvalue weighted by Gasteiger charge is -2.16. The molecule has 18 heteroatoms. The molecule has 0 aliphatic carbocycles. The molecule has 1 N–H and O–H groups in total. The Morgan fingerprint density at radius 1 is 0.380 bits per heavy atom. The van der Waals surface area contributed by atoms with Crippen LogP contribution in [0.1, 0.15) is 12.8 Å². The highest BCUT2D eigenvalue weighted by molar-refractivity contribution is 6.69. The van der Waals surface area contributed by atoms with E-state index in [4.69, 9.17) is 66.4 Å². The summed E-state index contributed by atoms with van der Waals surface area (Å²) in [5.74, 6) is -3.24. The molecule has 0 amide bonds. The topological polar surface area (TPSA) is 191 Å². The van der Waals surface area contributed by atoms with Crippen molar-refractivity contribution in [3.63, 3.8) is 0 Å². The minimum atomic E-state index is -1.56. The van der Waals surface area contributed by atoms with Crippen molar-refractivity contribution < 1.29 is 80.8 Å². The number of rotatable bonds is 41. The number of esters is 1. The summed E-state index contributed by atoms with van der Waals surface area (Å²) < 4.78 is 70.3. The van der Waals surface area contributed by atoms with E-state index in [-0.39, 0.29) is 26.1 Å². The van der Waals surface area contributed by atoms with Crippen molar-refractivity contribution in [3.05, 3.63) is 0 Å². The van der Waals surface area contributed by atoms with Gasteiger partial charge in [0.1, 0.15) is 6.61 Å². The average molecular weight is 747 g/mol. The van der Waals surface area contributed by atoms with Crippen LogP contribution in [0.15, 0.2) is 0 Å². The number of ketones is 1. The molecule has 0 bridgehead atoms. The maximum Gasteiger partial charge on any atom is 0.372 e. The number of hydrogen-bond donors (Lipinski definition) is 1. The molecule has 0 aliphatic heterocycles. The third kappa shape index (κ3) is 40.8. The molecular formula is C32H62O17Si. The molecule has 0 saturated heterocycles. The van der Waals surface area contributed by atoms with E-state index in [0.717, 1.165) is 0 Å². The van der Waals surface area contributed by atoms with Gasteiger partial charge in [0.05, 0.1) is 158 Å². The molecule has 0 saturated carbocycles. The summed E-state index contributed by atoms with van der Waals surface area (Å²) in [6, 6.07) is 0. The molecule has 50 heavy (non-hydrogen) atoms. The van der Waals surface area contributed by atoms with Crippen LogP contribution in [0, 0.1) is 0 Å². The maximum absolute atomic E-state index is 11.4. The summed E-state index contributed by atoms with van der Waals surface area (Å²) in [5.41, 5.74) is 0. The van der Waals surface area contributed by atoms with Gasteiger partial charge in [-0.15, -0.1) is 0 Å². The molecule has 0 rings (SSSR count). The number of ether oxygens (including phenoxy) is 12. The Morgan fingerprint density at radius 2 is 0.620 bits per heavy atom. The number of carbonyl (C=O) groups is 3. The fraction of sp³-hybridized carbons (Fsp3) is 0.906. The van der Waals surface area contributed by atoms with Crippen molar-refractivity contribution in [2.24, 2.45) is 0 Å². The van der Waals surface area contributed by atoms with Gasteiger partial charge >= 0.3 is 11.9 Å². The zero-order chi connectivity index (χ0) is 36.8. The molecule has 17 nitrogen and oxygen atoms in total. The Morgan fingerprint density at radius 3 is 0.860 bits per heavy atom. The molecule has 0 fully saturated rings.